The Morgan fingerprint density at radius 1 is 1.00 bits per heavy atom. The first-order chi connectivity index (χ1) is 11.8. The molecule has 3 aromatic rings. The quantitative estimate of drug-likeness (QED) is 0.778. The SMILES string of the molecule is N[C@H]1CC[C@H](OCc2ccc(-c3nc4ccccc4o3)cc2)CC1. The molecule has 1 aromatic heterocycles. The third-order valence-corrected chi connectivity index (χ3v) is 4.70. The number of nitrogens with zero attached hydrogens (tertiary/aromatic N) is 1. The van der Waals surface area contributed by atoms with Crippen LogP contribution in [0.3, 0.4) is 0 Å². The van der Waals surface area contributed by atoms with Gasteiger partial charge in [-0.2, -0.15) is 0 Å². The van der Waals surface area contributed by atoms with Crippen molar-refractivity contribution in [2.75, 3.05) is 0 Å². The molecule has 0 amide bonds. The number of oxazole rings is 1. The first-order valence-corrected chi connectivity index (χ1v) is 8.60. The van der Waals surface area contributed by atoms with Gasteiger partial charge in [-0.3, -0.25) is 0 Å². The van der Waals surface area contributed by atoms with E-state index in [1.54, 1.807) is 0 Å². The fourth-order valence-electron chi connectivity index (χ4n) is 3.21. The van der Waals surface area contributed by atoms with Crippen LogP contribution in [-0.2, 0) is 11.3 Å². The smallest absolute Gasteiger partial charge is 0.227 e. The van der Waals surface area contributed by atoms with Crippen LogP contribution >= 0.6 is 0 Å². The van der Waals surface area contributed by atoms with Crippen molar-refractivity contribution >= 4 is 11.1 Å². The molecule has 4 nitrogen and oxygen atoms in total. The molecular formula is C20H22N2O2. The third kappa shape index (κ3) is 3.35. The zero-order valence-corrected chi connectivity index (χ0v) is 13.7. The van der Waals surface area contributed by atoms with Crippen LogP contribution in [-0.4, -0.2) is 17.1 Å². The van der Waals surface area contributed by atoms with Crippen LogP contribution in [0.4, 0.5) is 0 Å². The molecule has 0 unspecified atom stereocenters. The molecule has 0 radical (unpaired) electrons. The molecule has 0 bridgehead atoms. The second-order valence-electron chi connectivity index (χ2n) is 6.53. The molecule has 2 N–H and O–H groups in total. The van der Waals surface area contributed by atoms with Crippen molar-refractivity contribution in [1.29, 1.82) is 0 Å². The summed E-state index contributed by atoms with van der Waals surface area (Å²) >= 11 is 0. The van der Waals surface area contributed by atoms with E-state index in [1.807, 2.05) is 36.4 Å². The molecule has 1 saturated carbocycles. The molecular weight excluding hydrogens is 300 g/mol. The van der Waals surface area contributed by atoms with Crippen LogP contribution in [0, 0.1) is 0 Å². The molecule has 4 rings (SSSR count). The maximum atomic E-state index is 6.02. The number of nitrogens with two attached hydrogens (primary N) is 1. The van der Waals surface area contributed by atoms with Gasteiger partial charge in [-0.1, -0.05) is 24.3 Å². The summed E-state index contributed by atoms with van der Waals surface area (Å²) in [6.07, 6.45) is 4.63. The molecule has 24 heavy (non-hydrogen) atoms. The lowest BCUT2D eigenvalue weighted by molar-refractivity contribution is 0.0138. The standard InChI is InChI=1S/C20H22N2O2/c21-16-9-11-17(12-10-16)23-13-14-5-7-15(8-6-14)20-22-18-3-1-2-4-19(18)24-20/h1-8,16-17H,9-13,21H2/t16-,17-. The lowest BCUT2D eigenvalue weighted by Gasteiger charge is -2.26. The molecule has 124 valence electrons. The van der Waals surface area contributed by atoms with Gasteiger partial charge in [0.2, 0.25) is 5.89 Å². The topological polar surface area (TPSA) is 61.3 Å². The van der Waals surface area contributed by atoms with E-state index in [2.05, 4.69) is 17.1 Å². The number of aromatic nitrogens is 1. The minimum atomic E-state index is 0.349. The number of ether oxygens (including phenoxy) is 1. The summed E-state index contributed by atoms with van der Waals surface area (Å²) in [6.45, 7) is 0.647. The van der Waals surface area contributed by atoms with Gasteiger partial charge in [0.05, 0.1) is 12.7 Å². The largest absolute Gasteiger partial charge is 0.436 e. The maximum absolute atomic E-state index is 6.02. The van der Waals surface area contributed by atoms with Gasteiger partial charge in [0.1, 0.15) is 5.52 Å². The van der Waals surface area contributed by atoms with Crippen molar-refractivity contribution in [3.05, 3.63) is 54.1 Å². The first kappa shape index (κ1) is 15.4. The van der Waals surface area contributed by atoms with Crippen molar-refractivity contribution in [2.24, 2.45) is 5.73 Å². The van der Waals surface area contributed by atoms with Crippen LogP contribution in [0.15, 0.2) is 52.9 Å². The van der Waals surface area contributed by atoms with Crippen molar-refractivity contribution in [3.63, 3.8) is 0 Å². The van der Waals surface area contributed by atoms with Crippen molar-refractivity contribution < 1.29 is 9.15 Å². The zero-order chi connectivity index (χ0) is 16.4. The van der Waals surface area contributed by atoms with Crippen LogP contribution in [0.5, 0.6) is 0 Å². The van der Waals surface area contributed by atoms with Crippen molar-refractivity contribution in [1.82, 2.24) is 4.98 Å². The Hall–Kier alpha value is -2.17. The second kappa shape index (κ2) is 6.75. The lowest BCUT2D eigenvalue weighted by Crippen LogP contribution is -2.30. The predicted octanol–water partition coefficient (Wildman–Crippen LogP) is 4.28. The summed E-state index contributed by atoms with van der Waals surface area (Å²) in [4.78, 5) is 4.53. The summed E-state index contributed by atoms with van der Waals surface area (Å²) in [5.41, 5.74) is 9.79. The second-order valence-corrected chi connectivity index (χ2v) is 6.53. The van der Waals surface area contributed by atoms with E-state index in [0.29, 0.717) is 24.6 Å². The lowest BCUT2D eigenvalue weighted by atomic mass is 9.94. The van der Waals surface area contributed by atoms with Gasteiger partial charge in [0.25, 0.3) is 0 Å². The molecule has 1 heterocycles. The fourth-order valence-corrected chi connectivity index (χ4v) is 3.21. The highest BCUT2D eigenvalue weighted by molar-refractivity contribution is 5.75. The highest BCUT2D eigenvalue weighted by atomic mass is 16.5. The van der Waals surface area contributed by atoms with E-state index in [0.717, 1.165) is 42.3 Å². The van der Waals surface area contributed by atoms with E-state index < -0.39 is 0 Å². The average Bonchev–Trinajstić information content (AvgIpc) is 3.06. The maximum Gasteiger partial charge on any atom is 0.227 e. The number of para-hydroxylation sites is 2. The molecule has 4 heteroatoms. The Balaban J connectivity index is 1.41. The van der Waals surface area contributed by atoms with E-state index in [9.17, 15) is 0 Å². The summed E-state index contributed by atoms with van der Waals surface area (Å²) in [7, 11) is 0. The molecule has 0 saturated heterocycles. The zero-order valence-electron chi connectivity index (χ0n) is 13.7. The highest BCUT2D eigenvalue weighted by Crippen LogP contribution is 2.25. The summed E-state index contributed by atoms with van der Waals surface area (Å²) < 4.78 is 11.8. The fraction of sp³-hybridized carbons (Fsp3) is 0.350. The van der Waals surface area contributed by atoms with E-state index in [4.69, 9.17) is 14.9 Å². The van der Waals surface area contributed by atoms with E-state index in [1.165, 1.54) is 5.56 Å². The third-order valence-electron chi connectivity index (χ3n) is 4.70. The monoisotopic (exact) mass is 322 g/mol. The Labute approximate surface area is 141 Å². The molecule has 0 aliphatic heterocycles. The van der Waals surface area contributed by atoms with Gasteiger partial charge >= 0.3 is 0 Å². The molecule has 1 aliphatic carbocycles. The number of hydrogen-bond donors (Lipinski definition) is 1. The number of hydrogen-bond acceptors (Lipinski definition) is 4. The Morgan fingerprint density at radius 2 is 1.75 bits per heavy atom. The number of fused-ring (bicyclic) bond motifs is 1. The van der Waals surface area contributed by atoms with Crippen LogP contribution < -0.4 is 5.73 Å². The molecule has 0 spiro atoms. The van der Waals surface area contributed by atoms with E-state index >= 15 is 0 Å². The average molecular weight is 322 g/mol. The molecule has 2 aromatic carbocycles. The van der Waals surface area contributed by atoms with Gasteiger partial charge in [-0.05, 0) is 55.5 Å². The minimum absolute atomic E-state index is 0.349. The van der Waals surface area contributed by atoms with Gasteiger partial charge in [0.15, 0.2) is 5.58 Å². The van der Waals surface area contributed by atoms with Crippen molar-refractivity contribution in [3.8, 4) is 11.5 Å². The Morgan fingerprint density at radius 3 is 2.50 bits per heavy atom. The van der Waals surface area contributed by atoms with Gasteiger partial charge < -0.3 is 14.9 Å². The minimum Gasteiger partial charge on any atom is -0.436 e. The van der Waals surface area contributed by atoms with E-state index in [-0.39, 0.29) is 0 Å². The highest BCUT2D eigenvalue weighted by Gasteiger charge is 2.18. The Bertz CT molecular complexity index is 769. The number of benzene rings is 2. The van der Waals surface area contributed by atoms with Crippen LogP contribution in [0.1, 0.15) is 31.2 Å². The summed E-state index contributed by atoms with van der Waals surface area (Å²) in [6, 6.07) is 16.4. The molecule has 0 atom stereocenters. The van der Waals surface area contributed by atoms with Gasteiger partial charge in [-0.25, -0.2) is 4.98 Å². The van der Waals surface area contributed by atoms with Crippen LogP contribution in [0.25, 0.3) is 22.6 Å². The Kier molecular flexibility index (Phi) is 4.32. The van der Waals surface area contributed by atoms with Gasteiger partial charge in [-0.15, -0.1) is 0 Å². The van der Waals surface area contributed by atoms with Crippen LogP contribution in [0.2, 0.25) is 0 Å². The number of rotatable bonds is 4. The normalized spacial score (nSPS) is 21.2. The molecule has 1 aliphatic rings. The van der Waals surface area contributed by atoms with Crippen molar-refractivity contribution in [2.45, 2.75) is 44.4 Å². The first-order valence-electron chi connectivity index (χ1n) is 8.60. The summed E-state index contributed by atoms with van der Waals surface area (Å²) in [5.74, 6) is 0.657. The predicted molar refractivity (Wildman–Crippen MR) is 94.5 cm³/mol. The van der Waals surface area contributed by atoms with Gasteiger partial charge in [0, 0.05) is 11.6 Å². The summed E-state index contributed by atoms with van der Waals surface area (Å²) in [5, 5.41) is 0. The molecule has 1 fully saturated rings.